The highest BCUT2D eigenvalue weighted by Crippen LogP contribution is 2.09. The topological polar surface area (TPSA) is 36.4 Å². The third-order valence-corrected chi connectivity index (χ3v) is 3.29. The first-order valence-corrected chi connectivity index (χ1v) is 6.27. The highest BCUT2D eigenvalue weighted by Gasteiger charge is 2.18. The van der Waals surface area contributed by atoms with E-state index in [0.29, 0.717) is 6.54 Å². The molecule has 0 N–H and O–H groups in total. The SMILES string of the molecule is CN(CCN1CCCC1)C(=O)c1cccnc1F. The summed E-state index contributed by atoms with van der Waals surface area (Å²) in [5, 5.41) is 0. The van der Waals surface area contributed by atoms with Crippen molar-refractivity contribution in [2.75, 3.05) is 33.2 Å². The number of nitrogens with zero attached hydrogens (tertiary/aromatic N) is 3. The molecule has 1 saturated heterocycles. The Morgan fingerprint density at radius 2 is 2.22 bits per heavy atom. The molecule has 0 spiro atoms. The van der Waals surface area contributed by atoms with Crippen LogP contribution in [0.1, 0.15) is 23.2 Å². The van der Waals surface area contributed by atoms with Crippen molar-refractivity contribution >= 4 is 5.91 Å². The van der Waals surface area contributed by atoms with Gasteiger partial charge in [0.25, 0.3) is 5.91 Å². The van der Waals surface area contributed by atoms with Crippen molar-refractivity contribution in [2.45, 2.75) is 12.8 Å². The molecule has 18 heavy (non-hydrogen) atoms. The van der Waals surface area contributed by atoms with Crippen LogP contribution in [-0.2, 0) is 0 Å². The smallest absolute Gasteiger partial charge is 0.258 e. The molecule has 0 aromatic carbocycles. The van der Waals surface area contributed by atoms with E-state index in [1.54, 1.807) is 18.0 Å². The molecule has 0 atom stereocenters. The molecule has 1 aliphatic rings. The second-order valence-electron chi connectivity index (χ2n) is 4.62. The van der Waals surface area contributed by atoms with Crippen LogP contribution >= 0.6 is 0 Å². The van der Waals surface area contributed by atoms with Crippen LogP contribution in [0.2, 0.25) is 0 Å². The van der Waals surface area contributed by atoms with Crippen LogP contribution in [0.15, 0.2) is 18.3 Å². The van der Waals surface area contributed by atoms with Crippen molar-refractivity contribution in [3.05, 3.63) is 29.8 Å². The molecule has 0 radical (unpaired) electrons. The van der Waals surface area contributed by atoms with E-state index in [4.69, 9.17) is 0 Å². The lowest BCUT2D eigenvalue weighted by atomic mass is 10.2. The molecule has 1 fully saturated rings. The summed E-state index contributed by atoms with van der Waals surface area (Å²) in [6, 6.07) is 3.04. The average Bonchev–Trinajstić information content (AvgIpc) is 2.89. The van der Waals surface area contributed by atoms with Gasteiger partial charge in [-0.3, -0.25) is 4.79 Å². The van der Waals surface area contributed by atoms with Gasteiger partial charge in [-0.1, -0.05) is 0 Å². The van der Waals surface area contributed by atoms with Crippen molar-refractivity contribution in [3.8, 4) is 0 Å². The number of hydrogen-bond acceptors (Lipinski definition) is 3. The third kappa shape index (κ3) is 3.04. The fourth-order valence-electron chi connectivity index (χ4n) is 2.15. The quantitative estimate of drug-likeness (QED) is 0.759. The minimum atomic E-state index is -0.699. The Kier molecular flexibility index (Phi) is 4.25. The highest BCUT2D eigenvalue weighted by atomic mass is 19.1. The summed E-state index contributed by atoms with van der Waals surface area (Å²) in [4.78, 5) is 19.4. The van der Waals surface area contributed by atoms with E-state index >= 15 is 0 Å². The summed E-state index contributed by atoms with van der Waals surface area (Å²) in [5.74, 6) is -1.00. The van der Waals surface area contributed by atoms with E-state index in [-0.39, 0.29) is 11.5 Å². The molecule has 0 unspecified atom stereocenters. The second-order valence-corrected chi connectivity index (χ2v) is 4.62. The number of amides is 1. The molecule has 1 aromatic heterocycles. The summed E-state index contributed by atoms with van der Waals surface area (Å²) in [6.07, 6.45) is 3.81. The van der Waals surface area contributed by atoms with E-state index in [2.05, 4.69) is 9.88 Å². The molecule has 2 heterocycles. The van der Waals surface area contributed by atoms with Crippen LogP contribution < -0.4 is 0 Å². The second kappa shape index (κ2) is 5.91. The Labute approximate surface area is 106 Å². The highest BCUT2D eigenvalue weighted by molar-refractivity contribution is 5.93. The predicted octanol–water partition coefficient (Wildman–Crippen LogP) is 1.39. The molecule has 98 valence electrons. The van der Waals surface area contributed by atoms with Crippen LogP contribution in [-0.4, -0.2) is 53.9 Å². The number of hydrogen-bond donors (Lipinski definition) is 0. The van der Waals surface area contributed by atoms with Gasteiger partial charge < -0.3 is 9.80 Å². The molecule has 1 amide bonds. The monoisotopic (exact) mass is 251 g/mol. The minimum Gasteiger partial charge on any atom is -0.340 e. The largest absolute Gasteiger partial charge is 0.340 e. The number of carbonyl (C=O) groups is 1. The van der Waals surface area contributed by atoms with E-state index in [0.717, 1.165) is 19.6 Å². The third-order valence-electron chi connectivity index (χ3n) is 3.29. The predicted molar refractivity (Wildman–Crippen MR) is 66.8 cm³/mol. The van der Waals surface area contributed by atoms with E-state index in [9.17, 15) is 9.18 Å². The number of rotatable bonds is 4. The summed E-state index contributed by atoms with van der Waals surface area (Å²) >= 11 is 0. The maximum absolute atomic E-state index is 13.4. The average molecular weight is 251 g/mol. The van der Waals surface area contributed by atoms with Crippen molar-refractivity contribution in [3.63, 3.8) is 0 Å². The van der Waals surface area contributed by atoms with Crippen LogP contribution in [0.3, 0.4) is 0 Å². The Bertz CT molecular complexity index is 418. The lowest BCUT2D eigenvalue weighted by molar-refractivity contribution is 0.0776. The zero-order chi connectivity index (χ0) is 13.0. The Hall–Kier alpha value is -1.49. The van der Waals surface area contributed by atoms with Gasteiger partial charge in [0.05, 0.1) is 5.56 Å². The zero-order valence-electron chi connectivity index (χ0n) is 10.6. The number of pyridine rings is 1. The van der Waals surface area contributed by atoms with Crippen molar-refractivity contribution in [1.82, 2.24) is 14.8 Å². The standard InChI is InChI=1S/C13H18FN3O/c1-16(9-10-17-7-2-3-8-17)13(18)11-5-4-6-15-12(11)14/h4-6H,2-3,7-10H2,1H3. The first-order valence-electron chi connectivity index (χ1n) is 6.27. The molecule has 5 heteroatoms. The lowest BCUT2D eigenvalue weighted by Crippen LogP contribution is -2.35. The minimum absolute atomic E-state index is 0.0430. The Morgan fingerprint density at radius 3 is 2.89 bits per heavy atom. The van der Waals surface area contributed by atoms with Gasteiger partial charge in [-0.2, -0.15) is 4.39 Å². The van der Waals surface area contributed by atoms with Gasteiger partial charge in [0.1, 0.15) is 0 Å². The first-order chi connectivity index (χ1) is 8.68. The van der Waals surface area contributed by atoms with Gasteiger partial charge >= 0.3 is 0 Å². The van der Waals surface area contributed by atoms with E-state index in [1.807, 2.05) is 0 Å². The van der Waals surface area contributed by atoms with E-state index in [1.165, 1.54) is 25.1 Å². The molecule has 2 rings (SSSR count). The molecule has 1 aliphatic heterocycles. The normalized spacial score (nSPS) is 15.9. The van der Waals surface area contributed by atoms with Gasteiger partial charge in [0.2, 0.25) is 5.95 Å². The number of likely N-dealkylation sites (N-methyl/N-ethyl adjacent to an activating group) is 1. The molecule has 0 bridgehead atoms. The molecule has 0 aliphatic carbocycles. The Morgan fingerprint density at radius 1 is 1.50 bits per heavy atom. The van der Waals surface area contributed by atoms with Crippen molar-refractivity contribution in [2.24, 2.45) is 0 Å². The Balaban J connectivity index is 1.90. The van der Waals surface area contributed by atoms with Crippen LogP contribution in [0.4, 0.5) is 4.39 Å². The van der Waals surface area contributed by atoms with Gasteiger partial charge in [-0.15, -0.1) is 0 Å². The number of carbonyl (C=O) groups excluding carboxylic acids is 1. The molecular formula is C13H18FN3O. The van der Waals surface area contributed by atoms with Crippen LogP contribution in [0.5, 0.6) is 0 Å². The fourth-order valence-corrected chi connectivity index (χ4v) is 2.15. The van der Waals surface area contributed by atoms with Crippen LogP contribution in [0.25, 0.3) is 0 Å². The molecule has 0 saturated carbocycles. The number of halogens is 1. The number of aromatic nitrogens is 1. The van der Waals surface area contributed by atoms with Gasteiger partial charge in [-0.25, -0.2) is 4.98 Å². The van der Waals surface area contributed by atoms with Gasteiger partial charge in [0.15, 0.2) is 0 Å². The summed E-state index contributed by atoms with van der Waals surface area (Å²) < 4.78 is 13.4. The first kappa shape index (κ1) is 13.0. The summed E-state index contributed by atoms with van der Waals surface area (Å²) in [7, 11) is 1.70. The van der Waals surface area contributed by atoms with Gasteiger partial charge in [0, 0.05) is 26.3 Å². The summed E-state index contributed by atoms with van der Waals surface area (Å²) in [6.45, 7) is 3.67. The lowest BCUT2D eigenvalue weighted by Gasteiger charge is -2.21. The van der Waals surface area contributed by atoms with E-state index < -0.39 is 5.95 Å². The van der Waals surface area contributed by atoms with Crippen molar-refractivity contribution in [1.29, 1.82) is 0 Å². The maximum Gasteiger partial charge on any atom is 0.258 e. The summed E-state index contributed by atoms with van der Waals surface area (Å²) in [5.41, 5.74) is 0.0430. The maximum atomic E-state index is 13.4. The fraction of sp³-hybridized carbons (Fsp3) is 0.538. The van der Waals surface area contributed by atoms with Crippen molar-refractivity contribution < 1.29 is 9.18 Å². The molecule has 1 aromatic rings. The molecular weight excluding hydrogens is 233 g/mol. The van der Waals surface area contributed by atoms with Gasteiger partial charge in [-0.05, 0) is 38.1 Å². The van der Waals surface area contributed by atoms with Crippen LogP contribution in [0, 0.1) is 5.95 Å². The zero-order valence-corrected chi connectivity index (χ0v) is 10.6. The molecule has 4 nitrogen and oxygen atoms in total. The number of likely N-dealkylation sites (tertiary alicyclic amines) is 1.